The van der Waals surface area contributed by atoms with E-state index in [2.05, 4.69) is 10.3 Å². The molecule has 1 aliphatic heterocycles. The van der Waals surface area contributed by atoms with Crippen LogP contribution in [0.5, 0.6) is 0 Å². The summed E-state index contributed by atoms with van der Waals surface area (Å²) in [5.74, 6) is -2.94. The van der Waals surface area contributed by atoms with E-state index in [1.165, 1.54) is 0 Å². The number of aliphatic hydroxyl groups is 2. The van der Waals surface area contributed by atoms with Gasteiger partial charge in [0.15, 0.2) is 11.6 Å². The van der Waals surface area contributed by atoms with Crippen LogP contribution in [0.2, 0.25) is 0 Å². The minimum absolute atomic E-state index is 0.00187. The number of hydrogen-bond donors (Lipinski definition) is 4. The Morgan fingerprint density at radius 2 is 1.77 bits per heavy atom. The average molecular weight is 529 g/mol. The number of ketones is 2. The third kappa shape index (κ3) is 4.34. The molecule has 1 fully saturated rings. The summed E-state index contributed by atoms with van der Waals surface area (Å²) < 4.78 is 0. The van der Waals surface area contributed by atoms with Crippen molar-refractivity contribution < 1.29 is 24.6 Å². The van der Waals surface area contributed by atoms with Crippen LogP contribution in [0.3, 0.4) is 0 Å². The van der Waals surface area contributed by atoms with Crippen molar-refractivity contribution in [3.63, 3.8) is 0 Å². The number of H-pyrrole nitrogens is 1. The first kappa shape index (κ1) is 27.0. The van der Waals surface area contributed by atoms with Gasteiger partial charge in [-0.1, -0.05) is 48.9 Å². The lowest BCUT2D eigenvalue weighted by Crippen LogP contribution is -2.55. The number of allylic oxidation sites excluding steroid dienone is 3. The molecule has 2 aliphatic carbocycles. The van der Waals surface area contributed by atoms with E-state index in [1.54, 1.807) is 6.92 Å². The Hall–Kier alpha value is -3.55. The highest BCUT2D eigenvalue weighted by Crippen LogP contribution is 2.55. The van der Waals surface area contributed by atoms with Crippen LogP contribution >= 0.6 is 0 Å². The van der Waals surface area contributed by atoms with Crippen molar-refractivity contribution in [2.24, 2.45) is 23.2 Å². The molecule has 1 aromatic heterocycles. The summed E-state index contributed by atoms with van der Waals surface area (Å²) in [6.45, 7) is 7.40. The van der Waals surface area contributed by atoms with Gasteiger partial charge in [0.05, 0.1) is 6.10 Å². The third-order valence-electron chi connectivity index (χ3n) is 9.00. The van der Waals surface area contributed by atoms with E-state index in [0.717, 1.165) is 39.8 Å². The topological polar surface area (TPSA) is 119 Å². The largest absolute Gasteiger partial charge is 0.388 e. The maximum Gasteiger partial charge on any atom is 0.235 e. The van der Waals surface area contributed by atoms with Gasteiger partial charge in [-0.15, -0.1) is 0 Å². The van der Waals surface area contributed by atoms with E-state index in [4.69, 9.17) is 0 Å². The van der Waals surface area contributed by atoms with E-state index in [1.807, 2.05) is 69.5 Å². The number of carbonyl (C=O) groups is 3. The zero-order valence-electron chi connectivity index (χ0n) is 22.8. The maximum absolute atomic E-state index is 14.2. The number of carbonyl (C=O) groups excluding carboxylic acids is 3. The summed E-state index contributed by atoms with van der Waals surface area (Å²) in [6.07, 6.45) is 8.34. The van der Waals surface area contributed by atoms with Crippen molar-refractivity contribution in [3.05, 3.63) is 83.1 Å². The Labute approximate surface area is 228 Å². The number of aromatic amines is 1. The van der Waals surface area contributed by atoms with Gasteiger partial charge >= 0.3 is 0 Å². The van der Waals surface area contributed by atoms with E-state index in [9.17, 15) is 24.6 Å². The summed E-state index contributed by atoms with van der Waals surface area (Å²) in [7, 11) is 0. The van der Waals surface area contributed by atoms with Crippen molar-refractivity contribution in [1.82, 2.24) is 10.3 Å². The number of aromatic nitrogens is 1. The maximum atomic E-state index is 14.2. The Bertz CT molecular complexity index is 1460. The molecule has 1 aromatic carbocycles. The second-order valence-corrected chi connectivity index (χ2v) is 11.4. The predicted octanol–water partition coefficient (Wildman–Crippen LogP) is 3.74. The van der Waals surface area contributed by atoms with Crippen LogP contribution < -0.4 is 5.32 Å². The van der Waals surface area contributed by atoms with Crippen LogP contribution in [0.1, 0.15) is 39.7 Å². The minimum atomic E-state index is -1.63. The van der Waals surface area contributed by atoms with Gasteiger partial charge in [-0.05, 0) is 74.5 Å². The number of amides is 1. The van der Waals surface area contributed by atoms with E-state index < -0.39 is 53.0 Å². The molecule has 0 unspecified atom stereocenters. The number of rotatable bonds is 2. The smallest absolute Gasteiger partial charge is 0.235 e. The minimum Gasteiger partial charge on any atom is -0.388 e. The van der Waals surface area contributed by atoms with Crippen LogP contribution in [0, 0.1) is 23.2 Å². The molecule has 7 atom stereocenters. The lowest BCUT2D eigenvalue weighted by molar-refractivity contribution is -0.144. The number of hydrogen-bond acceptors (Lipinski definition) is 5. The van der Waals surface area contributed by atoms with Crippen molar-refractivity contribution >= 4 is 28.4 Å². The molecule has 204 valence electrons. The second-order valence-electron chi connectivity index (χ2n) is 11.4. The van der Waals surface area contributed by atoms with Crippen LogP contribution in [0.25, 0.3) is 10.9 Å². The summed E-state index contributed by atoms with van der Waals surface area (Å²) in [5.41, 5.74) is 2.46. The lowest BCUT2D eigenvalue weighted by Gasteiger charge is -2.45. The molecule has 4 N–H and O–H groups in total. The number of benzene rings is 1. The molecule has 7 heteroatoms. The quantitative estimate of drug-likeness (QED) is 0.350. The normalized spacial score (nSPS) is 35.0. The van der Waals surface area contributed by atoms with Gasteiger partial charge in [0.25, 0.3) is 0 Å². The molecular formula is C32H36N2O5. The molecule has 2 heterocycles. The Kier molecular flexibility index (Phi) is 7.08. The molecule has 7 nitrogen and oxygen atoms in total. The highest BCUT2D eigenvalue weighted by molar-refractivity contribution is 6.15. The number of para-hydroxylation sites is 1. The van der Waals surface area contributed by atoms with Gasteiger partial charge in [0, 0.05) is 35.0 Å². The summed E-state index contributed by atoms with van der Waals surface area (Å²) in [4.78, 5) is 44.3. The van der Waals surface area contributed by atoms with Crippen LogP contribution in [-0.2, 0) is 20.8 Å². The third-order valence-corrected chi connectivity index (χ3v) is 9.00. The Morgan fingerprint density at radius 3 is 2.54 bits per heavy atom. The molecular weight excluding hydrogens is 492 g/mol. The molecule has 3 aliphatic rings. The number of nitrogens with one attached hydrogen (secondary N) is 2. The average Bonchev–Trinajstić information content (AvgIpc) is 3.45. The van der Waals surface area contributed by atoms with Gasteiger partial charge in [-0.3, -0.25) is 14.4 Å². The highest BCUT2D eigenvalue weighted by Gasteiger charge is 2.66. The predicted molar refractivity (Wildman–Crippen MR) is 150 cm³/mol. The SMILES string of the molecule is CC1=C(C)[C@H]2[C@H](Cc3c[nH]c4ccccc34)NC(=O)[C@]23C(=O)C=CC(=O)[C@H](O)/C(C)=C\[C@@H](C)CC=C[C@H]3[C@@H]1O. The lowest BCUT2D eigenvalue weighted by atomic mass is 9.55. The van der Waals surface area contributed by atoms with Crippen molar-refractivity contribution in [2.75, 3.05) is 0 Å². The number of aliphatic hydroxyl groups excluding tert-OH is 2. The number of fused-ring (bicyclic) bond motifs is 1. The Balaban J connectivity index is 1.65. The summed E-state index contributed by atoms with van der Waals surface area (Å²) >= 11 is 0. The standard InChI is InChI=1S/C32H36N2O5/c1-17-8-7-10-23-30(38)20(4)19(3)28-25(15-21-16-33-24-11-6-5-9-22(21)24)34-31(39)32(23,28)27(36)13-12-26(35)29(37)18(2)14-17/h5-7,9-14,16-17,23,25,28-30,33,37-38H,8,15H2,1-4H3,(H,34,39)/b10-7?,13-12?,18-14-/t17-,23-,25-,28-,29+,30+,32+/m0/s1. The molecule has 5 rings (SSSR count). The monoisotopic (exact) mass is 528 g/mol. The van der Waals surface area contributed by atoms with Crippen molar-refractivity contribution in [3.8, 4) is 0 Å². The van der Waals surface area contributed by atoms with E-state index in [0.29, 0.717) is 18.4 Å². The summed E-state index contributed by atoms with van der Waals surface area (Å²) in [5, 5.41) is 26.2. The second kappa shape index (κ2) is 10.2. The zero-order chi connectivity index (χ0) is 28.1. The van der Waals surface area contributed by atoms with E-state index in [-0.39, 0.29) is 5.92 Å². The molecule has 0 radical (unpaired) electrons. The molecule has 1 spiro atoms. The van der Waals surface area contributed by atoms with Crippen LogP contribution in [0.4, 0.5) is 0 Å². The van der Waals surface area contributed by atoms with Crippen LogP contribution in [-0.4, -0.2) is 50.9 Å². The molecule has 2 aromatic rings. The van der Waals surface area contributed by atoms with Gasteiger partial charge in [0.1, 0.15) is 11.5 Å². The first-order valence-electron chi connectivity index (χ1n) is 13.6. The molecule has 0 saturated carbocycles. The van der Waals surface area contributed by atoms with Crippen molar-refractivity contribution in [2.45, 2.75) is 58.8 Å². The van der Waals surface area contributed by atoms with Gasteiger partial charge in [0.2, 0.25) is 5.91 Å². The first-order chi connectivity index (χ1) is 18.6. The van der Waals surface area contributed by atoms with Gasteiger partial charge in [-0.25, -0.2) is 0 Å². The fourth-order valence-electron chi connectivity index (χ4n) is 6.88. The zero-order valence-corrected chi connectivity index (χ0v) is 22.8. The van der Waals surface area contributed by atoms with Gasteiger partial charge in [-0.2, -0.15) is 0 Å². The molecule has 1 amide bonds. The molecule has 0 bridgehead atoms. The fraction of sp³-hybridized carbons (Fsp3) is 0.406. The Morgan fingerprint density at radius 1 is 1.03 bits per heavy atom. The molecule has 1 saturated heterocycles. The summed E-state index contributed by atoms with van der Waals surface area (Å²) in [6, 6.07) is 7.55. The highest BCUT2D eigenvalue weighted by atomic mass is 16.3. The van der Waals surface area contributed by atoms with Crippen molar-refractivity contribution in [1.29, 1.82) is 0 Å². The van der Waals surface area contributed by atoms with Gasteiger partial charge < -0.3 is 20.5 Å². The van der Waals surface area contributed by atoms with E-state index >= 15 is 0 Å². The fourth-order valence-corrected chi connectivity index (χ4v) is 6.88. The van der Waals surface area contributed by atoms with Crippen LogP contribution in [0.15, 0.2) is 77.6 Å². The first-order valence-corrected chi connectivity index (χ1v) is 13.6. The molecule has 39 heavy (non-hydrogen) atoms.